The highest BCUT2D eigenvalue weighted by molar-refractivity contribution is 5.77. The predicted molar refractivity (Wildman–Crippen MR) is 108 cm³/mol. The molecule has 28 heavy (non-hydrogen) atoms. The fourth-order valence-corrected chi connectivity index (χ4v) is 3.29. The molecule has 0 bridgehead atoms. The summed E-state index contributed by atoms with van der Waals surface area (Å²) in [5.41, 5.74) is 3.58. The second kappa shape index (κ2) is 7.64. The summed E-state index contributed by atoms with van der Waals surface area (Å²) in [6.45, 7) is 0.498. The second-order valence-electron chi connectivity index (χ2n) is 6.71. The first-order valence-corrected chi connectivity index (χ1v) is 9.27. The molecule has 1 amide bonds. The number of hydrogen-bond donors (Lipinski definition) is 2. The molecule has 2 N–H and O–H groups in total. The monoisotopic (exact) mass is 375 g/mol. The topological polar surface area (TPSA) is 92.7 Å². The Morgan fingerprint density at radius 3 is 2.61 bits per heavy atom. The number of aryl methyl sites for hydroxylation is 2. The van der Waals surface area contributed by atoms with Crippen molar-refractivity contribution in [3.05, 3.63) is 70.4 Å². The van der Waals surface area contributed by atoms with Crippen LogP contribution in [-0.2, 0) is 24.7 Å². The van der Waals surface area contributed by atoms with Gasteiger partial charge < -0.3 is 14.9 Å². The van der Waals surface area contributed by atoms with E-state index in [-0.39, 0.29) is 17.9 Å². The lowest BCUT2D eigenvalue weighted by Crippen LogP contribution is -2.27. The second-order valence-corrected chi connectivity index (χ2v) is 6.71. The Bertz CT molecular complexity index is 1210. The number of carbonyl (C=O) groups excluding carboxylic acids is 1. The Kier molecular flexibility index (Phi) is 4.89. The molecule has 0 aliphatic rings. The number of amides is 1. The van der Waals surface area contributed by atoms with Gasteiger partial charge in [-0.2, -0.15) is 0 Å². The molecule has 0 saturated carbocycles. The van der Waals surface area contributed by atoms with Gasteiger partial charge in [-0.05, 0) is 24.3 Å². The van der Waals surface area contributed by atoms with Crippen LogP contribution in [0, 0.1) is 0 Å². The number of aromatic nitrogens is 4. The number of imidazole rings is 1. The van der Waals surface area contributed by atoms with Gasteiger partial charge in [-0.3, -0.25) is 9.59 Å². The van der Waals surface area contributed by atoms with Crippen molar-refractivity contribution in [2.45, 2.75) is 19.3 Å². The largest absolute Gasteiger partial charge is 0.356 e. The van der Waals surface area contributed by atoms with E-state index in [0.29, 0.717) is 30.6 Å². The highest BCUT2D eigenvalue weighted by atomic mass is 16.1. The van der Waals surface area contributed by atoms with Crippen molar-refractivity contribution in [2.24, 2.45) is 7.05 Å². The molecule has 0 atom stereocenters. The lowest BCUT2D eigenvalue weighted by Gasteiger charge is -2.06. The summed E-state index contributed by atoms with van der Waals surface area (Å²) in [5, 5.41) is 2.90. The van der Waals surface area contributed by atoms with Gasteiger partial charge in [-0.15, -0.1) is 0 Å². The van der Waals surface area contributed by atoms with Crippen molar-refractivity contribution in [2.75, 3.05) is 6.54 Å². The van der Waals surface area contributed by atoms with Crippen molar-refractivity contribution in [3.8, 4) is 0 Å². The zero-order valence-corrected chi connectivity index (χ0v) is 15.6. The van der Waals surface area contributed by atoms with E-state index in [2.05, 4.69) is 20.3 Å². The van der Waals surface area contributed by atoms with Crippen LogP contribution in [0.25, 0.3) is 22.1 Å². The number of rotatable bonds is 6. The molecule has 0 radical (unpaired) electrons. The summed E-state index contributed by atoms with van der Waals surface area (Å²) in [7, 11) is 1.98. The molecular weight excluding hydrogens is 354 g/mol. The zero-order valence-electron chi connectivity index (χ0n) is 15.6. The van der Waals surface area contributed by atoms with Crippen LogP contribution in [0.3, 0.4) is 0 Å². The minimum atomic E-state index is -0.244. The number of fused-ring (bicyclic) bond motifs is 2. The molecule has 0 spiro atoms. The third-order valence-corrected chi connectivity index (χ3v) is 4.81. The first kappa shape index (κ1) is 17.9. The van der Waals surface area contributed by atoms with Crippen molar-refractivity contribution in [1.82, 2.24) is 24.8 Å². The minimum Gasteiger partial charge on any atom is -0.356 e. The van der Waals surface area contributed by atoms with E-state index in [1.54, 1.807) is 6.07 Å². The average Bonchev–Trinajstić information content (AvgIpc) is 3.02. The van der Waals surface area contributed by atoms with Crippen LogP contribution in [0.5, 0.6) is 0 Å². The SMILES string of the molecule is Cn1c(CCNC(=O)CCc2nc3ccccc3[nH]c2=O)nc2ccccc21. The Balaban J connectivity index is 1.33. The van der Waals surface area contributed by atoms with E-state index in [9.17, 15) is 9.59 Å². The summed E-state index contributed by atoms with van der Waals surface area (Å²) in [4.78, 5) is 36.0. The summed E-state index contributed by atoms with van der Waals surface area (Å²) in [6.07, 6.45) is 1.17. The average molecular weight is 375 g/mol. The van der Waals surface area contributed by atoms with Crippen LogP contribution in [-0.4, -0.2) is 32.0 Å². The molecule has 2 aromatic heterocycles. The van der Waals surface area contributed by atoms with Gasteiger partial charge in [-0.25, -0.2) is 9.97 Å². The lowest BCUT2D eigenvalue weighted by molar-refractivity contribution is -0.121. The number of aromatic amines is 1. The van der Waals surface area contributed by atoms with Crippen LogP contribution in [0.1, 0.15) is 17.9 Å². The maximum absolute atomic E-state index is 12.2. The number of benzene rings is 2. The third kappa shape index (κ3) is 3.64. The van der Waals surface area contributed by atoms with Crippen LogP contribution in [0.2, 0.25) is 0 Å². The van der Waals surface area contributed by atoms with Gasteiger partial charge in [0.15, 0.2) is 0 Å². The Morgan fingerprint density at radius 2 is 1.79 bits per heavy atom. The van der Waals surface area contributed by atoms with E-state index in [1.807, 2.05) is 54.1 Å². The fraction of sp³-hybridized carbons (Fsp3) is 0.238. The van der Waals surface area contributed by atoms with Crippen molar-refractivity contribution in [1.29, 1.82) is 0 Å². The van der Waals surface area contributed by atoms with Gasteiger partial charge in [0.2, 0.25) is 5.91 Å². The number of hydrogen-bond acceptors (Lipinski definition) is 4. The molecule has 0 unspecified atom stereocenters. The smallest absolute Gasteiger partial charge is 0.270 e. The fourth-order valence-electron chi connectivity index (χ4n) is 3.29. The highest BCUT2D eigenvalue weighted by Crippen LogP contribution is 2.14. The molecule has 2 heterocycles. The van der Waals surface area contributed by atoms with Crippen molar-refractivity contribution >= 4 is 28.0 Å². The number of para-hydroxylation sites is 4. The molecular formula is C21H21N5O2. The van der Waals surface area contributed by atoms with E-state index in [1.165, 1.54) is 0 Å². The van der Waals surface area contributed by atoms with Crippen LogP contribution >= 0.6 is 0 Å². The van der Waals surface area contributed by atoms with E-state index < -0.39 is 0 Å². The maximum Gasteiger partial charge on any atom is 0.270 e. The first-order valence-electron chi connectivity index (χ1n) is 9.27. The van der Waals surface area contributed by atoms with E-state index in [4.69, 9.17) is 0 Å². The van der Waals surface area contributed by atoms with Gasteiger partial charge >= 0.3 is 0 Å². The van der Waals surface area contributed by atoms with Gasteiger partial charge in [0, 0.05) is 32.9 Å². The predicted octanol–water partition coefficient (Wildman–Crippen LogP) is 2.10. The summed E-state index contributed by atoms with van der Waals surface area (Å²) >= 11 is 0. The molecule has 0 aliphatic carbocycles. The zero-order chi connectivity index (χ0) is 19.5. The van der Waals surface area contributed by atoms with Crippen molar-refractivity contribution < 1.29 is 4.79 Å². The summed E-state index contributed by atoms with van der Waals surface area (Å²) in [5.74, 6) is 0.822. The quantitative estimate of drug-likeness (QED) is 0.540. The molecule has 4 rings (SSSR count). The molecule has 0 fully saturated rings. The third-order valence-electron chi connectivity index (χ3n) is 4.81. The van der Waals surface area contributed by atoms with Gasteiger partial charge in [0.1, 0.15) is 11.5 Å². The first-order chi connectivity index (χ1) is 13.6. The molecule has 142 valence electrons. The number of nitrogens with one attached hydrogen (secondary N) is 2. The number of H-pyrrole nitrogens is 1. The molecule has 7 nitrogen and oxygen atoms in total. The molecule has 0 aliphatic heterocycles. The van der Waals surface area contributed by atoms with Crippen LogP contribution in [0.4, 0.5) is 0 Å². The Labute approximate surface area is 161 Å². The lowest BCUT2D eigenvalue weighted by atomic mass is 10.2. The van der Waals surface area contributed by atoms with E-state index in [0.717, 1.165) is 22.4 Å². The summed E-state index contributed by atoms with van der Waals surface area (Å²) < 4.78 is 2.04. The minimum absolute atomic E-state index is 0.104. The van der Waals surface area contributed by atoms with Crippen molar-refractivity contribution in [3.63, 3.8) is 0 Å². The highest BCUT2D eigenvalue weighted by Gasteiger charge is 2.10. The summed E-state index contributed by atoms with van der Waals surface area (Å²) in [6, 6.07) is 15.3. The van der Waals surface area contributed by atoms with Gasteiger partial charge in [0.05, 0.1) is 22.1 Å². The Hall–Kier alpha value is -3.48. The van der Waals surface area contributed by atoms with Crippen LogP contribution < -0.4 is 10.9 Å². The molecule has 4 aromatic rings. The number of carbonyl (C=O) groups is 1. The number of nitrogens with zero attached hydrogens (tertiary/aromatic N) is 3. The van der Waals surface area contributed by atoms with E-state index >= 15 is 0 Å². The normalized spacial score (nSPS) is 11.2. The standard InChI is InChI=1S/C21H21N5O2/c1-26-18-9-5-4-8-16(18)24-19(26)12-13-22-20(27)11-10-17-21(28)25-15-7-3-2-6-14(15)23-17/h2-9H,10-13H2,1H3,(H,22,27)(H,25,28). The molecule has 0 saturated heterocycles. The maximum atomic E-state index is 12.2. The molecule has 7 heteroatoms. The van der Waals surface area contributed by atoms with Crippen LogP contribution in [0.15, 0.2) is 53.3 Å². The Morgan fingerprint density at radius 1 is 1.04 bits per heavy atom. The molecule has 2 aromatic carbocycles. The van der Waals surface area contributed by atoms with Gasteiger partial charge in [0.25, 0.3) is 5.56 Å². The van der Waals surface area contributed by atoms with Gasteiger partial charge in [-0.1, -0.05) is 24.3 Å².